The molecule has 1 aromatic carbocycles. The number of nitrogens with two attached hydrogens (primary N) is 1. The second-order valence-corrected chi connectivity index (χ2v) is 7.69. The lowest BCUT2D eigenvalue weighted by molar-refractivity contribution is -0.274. The number of ether oxygens (including phenoxy) is 1. The van der Waals surface area contributed by atoms with E-state index in [4.69, 9.17) is 5.14 Å². The highest BCUT2D eigenvalue weighted by atomic mass is 32.2. The normalized spacial score (nSPS) is 18.8. The van der Waals surface area contributed by atoms with Gasteiger partial charge in [-0.3, -0.25) is 4.79 Å². The van der Waals surface area contributed by atoms with E-state index in [9.17, 15) is 31.0 Å². The van der Waals surface area contributed by atoms with Gasteiger partial charge in [-0.2, -0.15) is 0 Å². The molecule has 1 aliphatic carbocycles. The van der Waals surface area contributed by atoms with Gasteiger partial charge in [0.15, 0.2) is 0 Å². The summed E-state index contributed by atoms with van der Waals surface area (Å²) in [5, 5.41) is 7.85. The summed E-state index contributed by atoms with van der Waals surface area (Å²) in [4.78, 5) is 15.7. The fraction of sp³-hybridized carbons (Fsp3) is 0.368. The van der Waals surface area contributed by atoms with Crippen molar-refractivity contribution in [3.63, 3.8) is 0 Å². The van der Waals surface area contributed by atoms with Gasteiger partial charge in [-0.25, -0.2) is 23.1 Å². The highest BCUT2D eigenvalue weighted by Crippen LogP contribution is 2.37. The van der Waals surface area contributed by atoms with Crippen molar-refractivity contribution in [3.05, 3.63) is 48.7 Å². The quantitative estimate of drug-likeness (QED) is 0.654. The Kier molecular flexibility index (Phi) is 8.45. The number of benzene rings is 1. The van der Waals surface area contributed by atoms with Gasteiger partial charge in [-0.05, 0) is 37.1 Å². The standard InChI is InChI=1S/C12H15F2N3O2S.C7H5F3O/c13-12(14)4-1-2-8(7-12)11(18)17-9-3-5-16-10(6-9)20(15)19;8-7(9,10)11-6-4-2-1-3-5-6/h3,5-6,8H,1-2,4,7,15H2,(H,16,17,18);1-5H/t8-,20?;/m0./s1. The first-order valence-electron chi connectivity index (χ1n) is 9.07. The number of anilines is 1. The first-order chi connectivity index (χ1) is 14.5. The van der Waals surface area contributed by atoms with Gasteiger partial charge in [0.1, 0.15) is 21.8 Å². The molecule has 1 saturated carbocycles. The maximum Gasteiger partial charge on any atom is 0.573 e. The summed E-state index contributed by atoms with van der Waals surface area (Å²) >= 11 is 0. The van der Waals surface area contributed by atoms with E-state index in [0.29, 0.717) is 18.5 Å². The van der Waals surface area contributed by atoms with Crippen LogP contribution in [-0.4, -0.2) is 27.4 Å². The number of para-hydroxylation sites is 1. The third-order valence-corrected chi connectivity index (χ3v) is 4.83. The molecule has 6 nitrogen and oxygen atoms in total. The van der Waals surface area contributed by atoms with Gasteiger partial charge in [-0.1, -0.05) is 18.2 Å². The highest BCUT2D eigenvalue weighted by Gasteiger charge is 2.39. The van der Waals surface area contributed by atoms with Gasteiger partial charge < -0.3 is 10.1 Å². The van der Waals surface area contributed by atoms with Crippen LogP contribution in [0.15, 0.2) is 53.7 Å². The minimum Gasteiger partial charge on any atom is -0.406 e. The lowest BCUT2D eigenvalue weighted by atomic mass is 9.86. The predicted octanol–water partition coefficient (Wildman–Crippen LogP) is 4.41. The Balaban J connectivity index is 0.000000262. The first-order valence-corrected chi connectivity index (χ1v) is 10.3. The Morgan fingerprint density at radius 3 is 2.48 bits per heavy atom. The smallest absolute Gasteiger partial charge is 0.406 e. The van der Waals surface area contributed by atoms with Crippen molar-refractivity contribution in [3.8, 4) is 5.75 Å². The minimum absolute atomic E-state index is 0.122. The predicted molar refractivity (Wildman–Crippen MR) is 103 cm³/mol. The van der Waals surface area contributed by atoms with Crippen molar-refractivity contribution in [2.75, 3.05) is 5.32 Å². The summed E-state index contributed by atoms with van der Waals surface area (Å²) in [7, 11) is -1.75. The van der Waals surface area contributed by atoms with E-state index in [1.54, 1.807) is 6.07 Å². The Morgan fingerprint density at radius 2 is 1.90 bits per heavy atom. The molecule has 1 heterocycles. The molecule has 0 bridgehead atoms. The van der Waals surface area contributed by atoms with Crippen LogP contribution in [-0.2, 0) is 15.8 Å². The Bertz CT molecular complexity index is 897. The van der Waals surface area contributed by atoms with Crippen LogP contribution in [0.5, 0.6) is 5.75 Å². The molecule has 170 valence electrons. The third kappa shape index (κ3) is 8.97. The number of halogens is 5. The number of aromatic nitrogens is 1. The Labute approximate surface area is 177 Å². The molecule has 1 aliphatic rings. The van der Waals surface area contributed by atoms with E-state index in [2.05, 4.69) is 15.0 Å². The van der Waals surface area contributed by atoms with Crippen molar-refractivity contribution in [1.29, 1.82) is 0 Å². The maximum absolute atomic E-state index is 13.3. The van der Waals surface area contributed by atoms with Crippen LogP contribution in [0.4, 0.5) is 27.6 Å². The summed E-state index contributed by atoms with van der Waals surface area (Å²) in [5.41, 5.74) is 0.354. The zero-order valence-electron chi connectivity index (χ0n) is 16.1. The average Bonchev–Trinajstić information content (AvgIpc) is 2.67. The molecule has 0 saturated heterocycles. The van der Waals surface area contributed by atoms with Crippen molar-refractivity contribution < 1.29 is 35.7 Å². The summed E-state index contributed by atoms with van der Waals surface area (Å²) < 4.78 is 75.8. The van der Waals surface area contributed by atoms with Crippen LogP contribution < -0.4 is 15.2 Å². The molecule has 1 unspecified atom stereocenters. The number of nitrogens with zero attached hydrogens (tertiary/aromatic N) is 1. The largest absolute Gasteiger partial charge is 0.573 e. The molecular weight excluding hydrogens is 445 g/mol. The van der Waals surface area contributed by atoms with Crippen LogP contribution in [0.1, 0.15) is 25.7 Å². The summed E-state index contributed by atoms with van der Waals surface area (Å²) in [5.74, 6) is -4.13. The van der Waals surface area contributed by atoms with Crippen LogP contribution in [0.25, 0.3) is 0 Å². The Hall–Kier alpha value is -2.60. The topological polar surface area (TPSA) is 94.3 Å². The second kappa shape index (κ2) is 10.6. The molecule has 1 amide bonds. The first kappa shape index (κ1) is 24.7. The van der Waals surface area contributed by atoms with E-state index >= 15 is 0 Å². The van der Waals surface area contributed by atoms with Gasteiger partial charge in [0, 0.05) is 30.6 Å². The number of hydrogen-bond donors (Lipinski definition) is 2. The van der Waals surface area contributed by atoms with E-state index < -0.39 is 41.5 Å². The number of nitrogens with one attached hydrogen (secondary N) is 1. The fourth-order valence-electron chi connectivity index (χ4n) is 2.86. The highest BCUT2D eigenvalue weighted by molar-refractivity contribution is 7.82. The number of pyridine rings is 1. The molecule has 3 rings (SSSR count). The van der Waals surface area contributed by atoms with Crippen molar-refractivity contribution in [1.82, 2.24) is 4.98 Å². The third-order valence-electron chi connectivity index (χ3n) is 4.20. The lowest BCUT2D eigenvalue weighted by Crippen LogP contribution is -2.33. The van der Waals surface area contributed by atoms with E-state index in [0.717, 1.165) is 0 Å². The second-order valence-electron chi connectivity index (χ2n) is 6.68. The number of carbonyl (C=O) groups excluding carboxylic acids is 1. The van der Waals surface area contributed by atoms with Crippen molar-refractivity contribution in [2.24, 2.45) is 11.1 Å². The van der Waals surface area contributed by atoms with E-state index in [1.807, 2.05) is 0 Å². The monoisotopic (exact) mass is 465 g/mol. The molecule has 0 spiro atoms. The van der Waals surface area contributed by atoms with Gasteiger partial charge in [0.2, 0.25) is 11.8 Å². The molecule has 1 fully saturated rings. The summed E-state index contributed by atoms with van der Waals surface area (Å²) in [6.07, 6.45) is -3.06. The van der Waals surface area contributed by atoms with Gasteiger partial charge in [-0.15, -0.1) is 13.2 Å². The molecule has 31 heavy (non-hydrogen) atoms. The van der Waals surface area contributed by atoms with E-state index in [1.165, 1.54) is 42.6 Å². The van der Waals surface area contributed by atoms with E-state index in [-0.39, 0.29) is 17.2 Å². The maximum atomic E-state index is 13.3. The summed E-state index contributed by atoms with van der Waals surface area (Å²) in [6.45, 7) is 0. The molecule has 0 radical (unpaired) electrons. The number of alkyl halides is 5. The van der Waals surface area contributed by atoms with Crippen LogP contribution in [0, 0.1) is 5.92 Å². The average molecular weight is 465 g/mol. The van der Waals surface area contributed by atoms with Crippen LogP contribution >= 0.6 is 0 Å². The van der Waals surface area contributed by atoms with Crippen LogP contribution in [0.2, 0.25) is 0 Å². The Morgan fingerprint density at radius 1 is 1.23 bits per heavy atom. The molecule has 2 aromatic rings. The molecule has 3 N–H and O–H groups in total. The zero-order valence-corrected chi connectivity index (χ0v) is 16.9. The number of carbonyl (C=O) groups is 1. The number of rotatable bonds is 4. The fourth-order valence-corrected chi connectivity index (χ4v) is 3.27. The molecule has 2 atom stereocenters. The van der Waals surface area contributed by atoms with Gasteiger partial charge in [0.25, 0.3) is 0 Å². The molecule has 0 aliphatic heterocycles. The minimum atomic E-state index is -4.60. The summed E-state index contributed by atoms with van der Waals surface area (Å²) in [6, 6.07) is 9.91. The zero-order chi connectivity index (χ0) is 23.1. The van der Waals surface area contributed by atoms with Gasteiger partial charge >= 0.3 is 6.36 Å². The molecule has 12 heteroatoms. The lowest BCUT2D eigenvalue weighted by Gasteiger charge is -2.27. The van der Waals surface area contributed by atoms with Crippen molar-refractivity contribution in [2.45, 2.75) is 43.0 Å². The van der Waals surface area contributed by atoms with Crippen molar-refractivity contribution >= 4 is 22.6 Å². The van der Waals surface area contributed by atoms with Crippen LogP contribution in [0.3, 0.4) is 0 Å². The number of hydrogen-bond acceptors (Lipinski definition) is 4. The SMILES string of the molecule is FC(F)(F)Oc1ccccc1.NS(=O)c1cc(NC(=O)[C@H]2CCCC(F)(F)C2)ccn1. The molecule has 1 aromatic heterocycles. The van der Waals surface area contributed by atoms with Gasteiger partial charge in [0.05, 0.1) is 0 Å². The number of amides is 1. The molecular formula is C19H20F5N3O3S.